The van der Waals surface area contributed by atoms with Gasteiger partial charge in [0.2, 0.25) is 0 Å². The molecule has 0 N–H and O–H groups in total. The van der Waals surface area contributed by atoms with Crippen LogP contribution in [0.3, 0.4) is 0 Å². The van der Waals surface area contributed by atoms with Crippen molar-refractivity contribution in [2.75, 3.05) is 0 Å². The average molecular weight is 527 g/mol. The Hall–Kier alpha value is -2.72. The van der Waals surface area contributed by atoms with Crippen molar-refractivity contribution in [1.82, 2.24) is 14.8 Å². The Labute approximate surface area is 195 Å². The summed E-state index contributed by atoms with van der Waals surface area (Å²) in [6, 6.07) is 6.76. The first-order valence-electron chi connectivity index (χ1n) is 9.39. The van der Waals surface area contributed by atoms with Gasteiger partial charge in [0.25, 0.3) is 0 Å². The molecule has 1 aliphatic carbocycles. The Bertz CT molecular complexity index is 1310. The van der Waals surface area contributed by atoms with E-state index in [1.165, 1.54) is 12.1 Å². The number of nitriles is 1. The van der Waals surface area contributed by atoms with Crippen LogP contribution < -0.4 is 0 Å². The summed E-state index contributed by atoms with van der Waals surface area (Å²) in [4.78, 5) is 4.05. The van der Waals surface area contributed by atoms with E-state index in [9.17, 15) is 40.4 Å². The minimum Gasteiger partial charge on any atom is -0.265 e. The molecule has 1 fully saturated rings. The molecule has 1 aliphatic rings. The van der Waals surface area contributed by atoms with Gasteiger partial charge in [0, 0.05) is 23.0 Å². The third-order valence-electron chi connectivity index (χ3n) is 5.42. The Morgan fingerprint density at radius 1 is 1.12 bits per heavy atom. The van der Waals surface area contributed by atoms with E-state index in [0.717, 1.165) is 23.8 Å². The molecule has 14 heteroatoms. The van der Waals surface area contributed by atoms with Gasteiger partial charge in [-0.2, -0.15) is 45.5 Å². The highest BCUT2D eigenvalue weighted by molar-refractivity contribution is 7.13. The maximum atomic E-state index is 13.9. The Kier molecular flexibility index (Phi) is 5.49. The molecule has 0 saturated heterocycles. The molecule has 0 bridgehead atoms. The normalized spacial score (nSPS) is 15.9. The van der Waals surface area contributed by atoms with E-state index in [1.807, 2.05) is 0 Å². The minimum absolute atomic E-state index is 0.153. The number of halogens is 9. The van der Waals surface area contributed by atoms with Gasteiger partial charge in [-0.3, -0.25) is 4.68 Å². The van der Waals surface area contributed by atoms with E-state index >= 15 is 0 Å². The summed E-state index contributed by atoms with van der Waals surface area (Å²) in [5, 5.41) is 13.9. The largest absolute Gasteiger partial charge is 0.459 e. The second kappa shape index (κ2) is 7.64. The maximum absolute atomic E-state index is 13.9. The second-order valence-corrected chi connectivity index (χ2v) is 8.96. The van der Waals surface area contributed by atoms with E-state index in [2.05, 4.69) is 16.2 Å². The minimum atomic E-state index is -6.29. The molecule has 1 saturated carbocycles. The average Bonchev–Trinajstić information content (AvgIpc) is 3.20. The number of alkyl halides is 8. The highest BCUT2D eigenvalue weighted by Crippen LogP contribution is 2.52. The molecule has 0 spiro atoms. The van der Waals surface area contributed by atoms with E-state index in [4.69, 9.17) is 11.6 Å². The SMILES string of the molecule is Cn1nc(C(F)(F)C(F)(F)F)c(C(F)(F)F)c1-c1csc(-c2ccc(Cl)c(C3(C#N)CC3)c2)n1. The van der Waals surface area contributed by atoms with Crippen LogP contribution in [0.4, 0.5) is 35.1 Å². The summed E-state index contributed by atoms with van der Waals surface area (Å²) in [5.74, 6) is -5.84. The molecule has 34 heavy (non-hydrogen) atoms. The van der Waals surface area contributed by atoms with Gasteiger partial charge in [-0.25, -0.2) is 4.98 Å². The summed E-state index contributed by atoms with van der Waals surface area (Å²) in [7, 11) is 0.823. The van der Waals surface area contributed by atoms with Crippen molar-refractivity contribution in [3.8, 4) is 28.0 Å². The number of aryl methyl sites for hydroxylation is 1. The molecular formula is C20H11ClF8N4S. The van der Waals surface area contributed by atoms with Gasteiger partial charge in [-0.1, -0.05) is 17.7 Å². The molecule has 180 valence electrons. The Balaban J connectivity index is 1.84. The standard InChI is InChI=1S/C20H11ClF8N4S/c1-33-14(13(19(24,25)26)15(32-33)18(22,23)20(27,28)29)12-7-34-16(31-12)9-2-3-11(21)10(6-9)17(8-30)4-5-17/h2-3,6-7H,4-5H2,1H3. The van der Waals surface area contributed by atoms with Crippen LogP contribution in [0.2, 0.25) is 5.02 Å². The first-order valence-corrected chi connectivity index (χ1v) is 10.6. The summed E-state index contributed by atoms with van der Waals surface area (Å²) in [6.45, 7) is 0. The lowest BCUT2D eigenvalue weighted by Crippen LogP contribution is -2.36. The highest BCUT2D eigenvalue weighted by atomic mass is 35.5. The molecule has 0 amide bonds. The molecule has 2 heterocycles. The van der Waals surface area contributed by atoms with Crippen molar-refractivity contribution in [3.05, 3.63) is 45.4 Å². The number of aromatic nitrogens is 3. The molecule has 1 aromatic carbocycles. The zero-order valence-electron chi connectivity index (χ0n) is 16.8. The molecule has 0 unspecified atom stereocenters. The smallest absolute Gasteiger partial charge is 0.265 e. The number of hydrogen-bond donors (Lipinski definition) is 0. The summed E-state index contributed by atoms with van der Waals surface area (Å²) >= 11 is 7.04. The zero-order valence-corrected chi connectivity index (χ0v) is 18.4. The summed E-state index contributed by atoms with van der Waals surface area (Å²) < 4.78 is 108. The fourth-order valence-electron chi connectivity index (χ4n) is 3.55. The topological polar surface area (TPSA) is 54.5 Å². The Morgan fingerprint density at radius 2 is 1.76 bits per heavy atom. The lowest BCUT2D eigenvalue weighted by molar-refractivity contribution is -0.292. The predicted molar refractivity (Wildman–Crippen MR) is 106 cm³/mol. The predicted octanol–water partition coefficient (Wildman–Crippen LogP) is 7.09. The van der Waals surface area contributed by atoms with Crippen molar-refractivity contribution in [2.24, 2.45) is 7.05 Å². The monoisotopic (exact) mass is 526 g/mol. The van der Waals surface area contributed by atoms with Gasteiger partial charge in [-0.05, 0) is 30.5 Å². The van der Waals surface area contributed by atoms with E-state index in [-0.39, 0.29) is 5.01 Å². The summed E-state index contributed by atoms with van der Waals surface area (Å²) in [5.41, 5.74) is -6.02. The van der Waals surface area contributed by atoms with E-state index in [0.29, 0.717) is 33.7 Å². The van der Waals surface area contributed by atoms with Crippen molar-refractivity contribution < 1.29 is 35.1 Å². The van der Waals surface area contributed by atoms with Crippen LogP contribution in [0.1, 0.15) is 29.7 Å². The number of rotatable bonds is 4. The van der Waals surface area contributed by atoms with Gasteiger partial charge in [0.15, 0.2) is 5.69 Å². The highest BCUT2D eigenvalue weighted by Gasteiger charge is 2.64. The van der Waals surface area contributed by atoms with Gasteiger partial charge in [-0.15, -0.1) is 11.3 Å². The molecular weight excluding hydrogens is 516 g/mol. The number of thiazole rings is 1. The van der Waals surface area contributed by atoms with Crippen LogP contribution >= 0.6 is 22.9 Å². The zero-order chi connectivity index (χ0) is 25.3. The first-order chi connectivity index (χ1) is 15.6. The van der Waals surface area contributed by atoms with Crippen LogP contribution in [0.25, 0.3) is 22.0 Å². The third-order valence-corrected chi connectivity index (χ3v) is 6.64. The maximum Gasteiger partial charge on any atom is 0.459 e. The van der Waals surface area contributed by atoms with Gasteiger partial charge in [0.1, 0.15) is 16.3 Å². The molecule has 4 nitrogen and oxygen atoms in total. The quantitative estimate of drug-likeness (QED) is 0.341. The van der Waals surface area contributed by atoms with Crippen molar-refractivity contribution in [2.45, 2.75) is 36.5 Å². The lowest BCUT2D eigenvalue weighted by atomic mass is 9.96. The summed E-state index contributed by atoms with van der Waals surface area (Å²) in [6.07, 6.45) is -10.7. The molecule has 0 atom stereocenters. The number of hydrogen-bond acceptors (Lipinski definition) is 4. The third kappa shape index (κ3) is 3.82. The van der Waals surface area contributed by atoms with Gasteiger partial charge < -0.3 is 0 Å². The molecule has 2 aromatic heterocycles. The van der Waals surface area contributed by atoms with Gasteiger partial charge >= 0.3 is 18.3 Å². The number of nitrogens with zero attached hydrogens (tertiary/aromatic N) is 4. The Morgan fingerprint density at radius 3 is 2.29 bits per heavy atom. The van der Waals surface area contributed by atoms with Crippen LogP contribution in [0.5, 0.6) is 0 Å². The van der Waals surface area contributed by atoms with E-state index < -0.39 is 46.3 Å². The molecule has 3 aromatic rings. The van der Waals surface area contributed by atoms with Crippen LogP contribution in [0.15, 0.2) is 23.6 Å². The molecule has 0 radical (unpaired) electrons. The van der Waals surface area contributed by atoms with Crippen LogP contribution in [-0.4, -0.2) is 20.9 Å². The first kappa shape index (κ1) is 24.4. The van der Waals surface area contributed by atoms with E-state index in [1.54, 1.807) is 6.07 Å². The van der Waals surface area contributed by atoms with Crippen molar-refractivity contribution in [3.63, 3.8) is 0 Å². The van der Waals surface area contributed by atoms with Crippen molar-refractivity contribution in [1.29, 1.82) is 5.26 Å². The van der Waals surface area contributed by atoms with Crippen molar-refractivity contribution >= 4 is 22.9 Å². The molecule has 4 rings (SSSR count). The lowest BCUT2D eigenvalue weighted by Gasteiger charge is -2.19. The fourth-order valence-corrected chi connectivity index (χ4v) is 4.65. The van der Waals surface area contributed by atoms with Crippen LogP contribution in [0, 0.1) is 11.3 Å². The number of benzene rings is 1. The van der Waals surface area contributed by atoms with Gasteiger partial charge in [0.05, 0.1) is 17.2 Å². The van der Waals surface area contributed by atoms with Crippen LogP contribution in [-0.2, 0) is 24.6 Å². The molecule has 0 aliphatic heterocycles. The second-order valence-electron chi connectivity index (χ2n) is 7.69. The fraction of sp³-hybridized carbons (Fsp3) is 0.350.